The minimum atomic E-state index is -3.54. The Kier molecular flexibility index (Phi) is 4.01. The van der Waals surface area contributed by atoms with Gasteiger partial charge in [-0.05, 0) is 31.2 Å². The summed E-state index contributed by atoms with van der Waals surface area (Å²) in [6.07, 6.45) is 1.63. The maximum absolute atomic E-state index is 12.0. The summed E-state index contributed by atoms with van der Waals surface area (Å²) in [5.74, 6) is 0. The van der Waals surface area contributed by atoms with Gasteiger partial charge in [-0.3, -0.25) is 4.98 Å². The maximum atomic E-state index is 12.0. The van der Waals surface area contributed by atoms with E-state index in [1.54, 1.807) is 31.3 Å². The van der Waals surface area contributed by atoms with Crippen LogP contribution in [0.4, 0.5) is 0 Å². The molecule has 2 rings (SSSR count). The van der Waals surface area contributed by atoms with Crippen LogP contribution in [0.15, 0.2) is 40.7 Å². The third kappa shape index (κ3) is 3.08. The van der Waals surface area contributed by atoms with E-state index in [9.17, 15) is 8.42 Å². The second kappa shape index (κ2) is 5.36. The lowest BCUT2D eigenvalue weighted by molar-refractivity contribution is 0.566. The van der Waals surface area contributed by atoms with Gasteiger partial charge in [0, 0.05) is 6.20 Å². The quantitative estimate of drug-likeness (QED) is 0.945. The Balaban J connectivity index is 2.19. The van der Waals surface area contributed by atoms with Gasteiger partial charge >= 0.3 is 0 Å². The topological polar surface area (TPSA) is 59.1 Å². The van der Waals surface area contributed by atoms with E-state index in [1.807, 2.05) is 6.07 Å². The molecule has 2 heterocycles. The first-order chi connectivity index (χ1) is 8.49. The first-order valence-electron chi connectivity index (χ1n) is 5.17. The SMILES string of the molecule is C[C@@H](NS(=O)(=O)c1ccc(Cl)s1)c1ccccn1. The van der Waals surface area contributed by atoms with Crippen molar-refractivity contribution in [1.82, 2.24) is 9.71 Å². The van der Waals surface area contributed by atoms with Crippen LogP contribution < -0.4 is 4.72 Å². The molecule has 0 aliphatic carbocycles. The molecule has 0 bridgehead atoms. The summed E-state index contributed by atoms with van der Waals surface area (Å²) in [5.41, 5.74) is 0.670. The fourth-order valence-electron chi connectivity index (χ4n) is 1.43. The van der Waals surface area contributed by atoms with Crippen molar-refractivity contribution in [2.75, 3.05) is 0 Å². The standard InChI is InChI=1S/C11H11ClN2O2S2/c1-8(9-4-2-3-7-13-9)14-18(15,16)11-6-5-10(12)17-11/h2-8,14H,1H3/t8-/m1/s1. The lowest BCUT2D eigenvalue weighted by Crippen LogP contribution is -2.26. The van der Waals surface area contributed by atoms with Gasteiger partial charge in [-0.25, -0.2) is 13.1 Å². The molecule has 1 atom stereocenters. The molecule has 1 N–H and O–H groups in total. The maximum Gasteiger partial charge on any atom is 0.250 e. The van der Waals surface area contributed by atoms with E-state index < -0.39 is 16.1 Å². The molecule has 0 aliphatic rings. The van der Waals surface area contributed by atoms with Gasteiger partial charge in [0.05, 0.1) is 16.1 Å². The van der Waals surface area contributed by atoms with Crippen LogP contribution in [0.25, 0.3) is 0 Å². The third-order valence-electron chi connectivity index (χ3n) is 2.28. The first kappa shape index (κ1) is 13.5. The second-order valence-electron chi connectivity index (χ2n) is 3.66. The molecule has 0 fully saturated rings. The molecule has 0 aromatic carbocycles. The zero-order chi connectivity index (χ0) is 13.2. The largest absolute Gasteiger partial charge is 0.260 e. The number of thiophene rings is 1. The molecular weight excluding hydrogens is 292 g/mol. The molecule has 0 spiro atoms. The summed E-state index contributed by atoms with van der Waals surface area (Å²) in [7, 11) is -3.54. The minimum absolute atomic E-state index is 0.204. The number of sulfonamides is 1. The van der Waals surface area contributed by atoms with E-state index in [1.165, 1.54) is 6.07 Å². The van der Waals surface area contributed by atoms with Crippen molar-refractivity contribution in [3.8, 4) is 0 Å². The average Bonchev–Trinajstić information content (AvgIpc) is 2.77. The van der Waals surface area contributed by atoms with Gasteiger partial charge < -0.3 is 0 Å². The fraction of sp³-hybridized carbons (Fsp3) is 0.182. The van der Waals surface area contributed by atoms with Crippen LogP contribution in [0, 0.1) is 0 Å². The summed E-state index contributed by atoms with van der Waals surface area (Å²) in [6.45, 7) is 1.75. The number of hydrogen-bond acceptors (Lipinski definition) is 4. The highest BCUT2D eigenvalue weighted by Crippen LogP contribution is 2.26. The van der Waals surface area contributed by atoms with Crippen molar-refractivity contribution in [2.45, 2.75) is 17.2 Å². The molecule has 2 aromatic rings. The Morgan fingerprint density at radius 2 is 2.11 bits per heavy atom. The monoisotopic (exact) mass is 302 g/mol. The fourth-order valence-corrected chi connectivity index (χ4v) is 4.14. The smallest absolute Gasteiger partial charge is 0.250 e. The predicted octanol–water partition coefficient (Wildman–Crippen LogP) is 2.84. The van der Waals surface area contributed by atoms with E-state index in [0.717, 1.165) is 11.3 Å². The molecule has 7 heteroatoms. The summed E-state index contributed by atoms with van der Waals surface area (Å²) in [5, 5.41) is 0. The first-order valence-corrected chi connectivity index (χ1v) is 7.85. The normalized spacial score (nSPS) is 13.4. The van der Waals surface area contributed by atoms with E-state index >= 15 is 0 Å². The van der Waals surface area contributed by atoms with Crippen molar-refractivity contribution in [3.05, 3.63) is 46.6 Å². The lowest BCUT2D eigenvalue weighted by atomic mass is 10.2. The molecule has 0 saturated carbocycles. The number of nitrogens with one attached hydrogen (secondary N) is 1. The van der Waals surface area contributed by atoms with Crippen LogP contribution >= 0.6 is 22.9 Å². The highest BCUT2D eigenvalue weighted by molar-refractivity contribution is 7.91. The summed E-state index contributed by atoms with van der Waals surface area (Å²) < 4.78 is 27.3. The van der Waals surface area contributed by atoms with Crippen molar-refractivity contribution in [3.63, 3.8) is 0 Å². The van der Waals surface area contributed by atoms with Crippen LogP contribution in [-0.2, 0) is 10.0 Å². The number of nitrogens with zero attached hydrogens (tertiary/aromatic N) is 1. The highest BCUT2D eigenvalue weighted by Gasteiger charge is 2.20. The van der Waals surface area contributed by atoms with E-state index in [2.05, 4.69) is 9.71 Å². The molecular formula is C11H11ClN2O2S2. The Hall–Kier alpha value is -0.950. The van der Waals surface area contributed by atoms with Crippen LogP contribution in [0.3, 0.4) is 0 Å². The molecule has 0 radical (unpaired) electrons. The Morgan fingerprint density at radius 3 is 2.67 bits per heavy atom. The molecule has 0 aliphatic heterocycles. The molecule has 0 unspecified atom stereocenters. The number of hydrogen-bond donors (Lipinski definition) is 1. The van der Waals surface area contributed by atoms with Gasteiger partial charge in [0.2, 0.25) is 0 Å². The van der Waals surface area contributed by atoms with Crippen LogP contribution in [0.2, 0.25) is 4.34 Å². The van der Waals surface area contributed by atoms with E-state index in [-0.39, 0.29) is 4.21 Å². The van der Waals surface area contributed by atoms with Crippen LogP contribution in [-0.4, -0.2) is 13.4 Å². The molecule has 96 valence electrons. The van der Waals surface area contributed by atoms with Gasteiger partial charge in [-0.15, -0.1) is 11.3 Å². The number of halogens is 1. The van der Waals surface area contributed by atoms with Crippen molar-refractivity contribution in [2.24, 2.45) is 0 Å². The van der Waals surface area contributed by atoms with Gasteiger partial charge in [-0.2, -0.15) is 0 Å². The van der Waals surface area contributed by atoms with Crippen molar-refractivity contribution >= 4 is 33.0 Å². The van der Waals surface area contributed by atoms with Gasteiger partial charge in [0.25, 0.3) is 10.0 Å². The van der Waals surface area contributed by atoms with Gasteiger partial charge in [0.15, 0.2) is 0 Å². The summed E-state index contributed by atoms with van der Waals surface area (Å²) in [6, 6.07) is 8.03. The van der Waals surface area contributed by atoms with Gasteiger partial charge in [0.1, 0.15) is 4.21 Å². The molecule has 0 amide bonds. The summed E-state index contributed by atoms with van der Waals surface area (Å²) in [4.78, 5) is 4.11. The Bertz CT molecular complexity index is 626. The number of pyridine rings is 1. The number of rotatable bonds is 4. The second-order valence-corrected chi connectivity index (χ2v) is 7.31. The number of aromatic nitrogens is 1. The van der Waals surface area contributed by atoms with Crippen molar-refractivity contribution < 1.29 is 8.42 Å². The van der Waals surface area contributed by atoms with Crippen LogP contribution in [0.1, 0.15) is 18.7 Å². The van der Waals surface area contributed by atoms with Crippen LogP contribution in [0.5, 0.6) is 0 Å². The average molecular weight is 303 g/mol. The van der Waals surface area contributed by atoms with E-state index in [4.69, 9.17) is 11.6 Å². The Labute approximate surface area is 115 Å². The highest BCUT2D eigenvalue weighted by atomic mass is 35.5. The van der Waals surface area contributed by atoms with Gasteiger partial charge in [-0.1, -0.05) is 17.7 Å². The molecule has 0 saturated heterocycles. The van der Waals surface area contributed by atoms with E-state index in [0.29, 0.717) is 10.0 Å². The zero-order valence-corrected chi connectivity index (χ0v) is 11.9. The zero-order valence-electron chi connectivity index (χ0n) is 9.50. The lowest BCUT2D eigenvalue weighted by Gasteiger charge is -2.12. The summed E-state index contributed by atoms with van der Waals surface area (Å²) >= 11 is 6.76. The minimum Gasteiger partial charge on any atom is -0.260 e. The molecule has 4 nitrogen and oxygen atoms in total. The molecule has 18 heavy (non-hydrogen) atoms. The molecule has 2 aromatic heterocycles. The predicted molar refractivity (Wildman–Crippen MR) is 72.3 cm³/mol. The Morgan fingerprint density at radius 1 is 1.33 bits per heavy atom. The van der Waals surface area contributed by atoms with Crippen molar-refractivity contribution in [1.29, 1.82) is 0 Å². The third-order valence-corrected chi connectivity index (χ3v) is 5.54.